The second kappa shape index (κ2) is 10.1. The van der Waals surface area contributed by atoms with Crippen LogP contribution in [-0.2, 0) is 20.8 Å². The fraction of sp³-hybridized carbons (Fsp3) is 0.571. The summed E-state index contributed by atoms with van der Waals surface area (Å²) in [4.78, 5) is 45.5. The minimum absolute atomic E-state index is 0.0521. The van der Waals surface area contributed by atoms with Crippen LogP contribution >= 0.6 is 11.3 Å². The van der Waals surface area contributed by atoms with E-state index in [0.29, 0.717) is 5.69 Å². The first-order chi connectivity index (χ1) is 14.7. The molecule has 0 aliphatic carbocycles. The Morgan fingerprint density at radius 3 is 2.38 bits per heavy atom. The van der Waals surface area contributed by atoms with Gasteiger partial charge in [-0.05, 0) is 48.5 Å². The highest BCUT2D eigenvalue weighted by Crippen LogP contribution is 2.19. The molecule has 0 radical (unpaired) electrons. The Balaban J connectivity index is 2.17. The lowest BCUT2D eigenvalue weighted by Gasteiger charge is -2.22. The van der Waals surface area contributed by atoms with Crippen molar-refractivity contribution in [2.45, 2.75) is 72.3 Å². The molecule has 2 heterocycles. The predicted molar refractivity (Wildman–Crippen MR) is 120 cm³/mol. The summed E-state index contributed by atoms with van der Waals surface area (Å²) >= 11 is 1.33. The van der Waals surface area contributed by atoms with E-state index in [1.807, 2.05) is 0 Å². The van der Waals surface area contributed by atoms with Crippen molar-refractivity contribution in [1.82, 2.24) is 19.9 Å². The van der Waals surface area contributed by atoms with Crippen LogP contribution in [0.15, 0.2) is 21.8 Å². The molecule has 0 saturated heterocycles. The molecular formula is C21H30N4O6S. The number of nitrogens with one attached hydrogen (secondary N) is 1. The van der Waals surface area contributed by atoms with Gasteiger partial charge in [-0.2, -0.15) is 4.98 Å². The van der Waals surface area contributed by atoms with E-state index in [2.05, 4.69) is 15.3 Å². The lowest BCUT2D eigenvalue weighted by atomic mass is 10.2. The molecule has 1 atom stereocenters. The molecule has 0 aromatic carbocycles. The monoisotopic (exact) mass is 466 g/mol. The number of carbonyl (C=O) groups is 2. The van der Waals surface area contributed by atoms with Crippen LogP contribution in [0, 0.1) is 0 Å². The number of nitrogens with zero attached hydrogens (tertiary/aromatic N) is 3. The van der Waals surface area contributed by atoms with Gasteiger partial charge < -0.3 is 19.5 Å². The predicted octanol–water partition coefficient (Wildman–Crippen LogP) is 3.00. The van der Waals surface area contributed by atoms with Gasteiger partial charge in [0.2, 0.25) is 5.88 Å². The minimum atomic E-state index is -0.685. The Kier molecular flexibility index (Phi) is 8.00. The topological polar surface area (TPSA) is 122 Å². The lowest BCUT2D eigenvalue weighted by Crippen LogP contribution is -2.40. The van der Waals surface area contributed by atoms with Gasteiger partial charge in [-0.1, -0.05) is 0 Å². The quantitative estimate of drug-likeness (QED) is 0.618. The molecule has 0 bridgehead atoms. The highest BCUT2D eigenvalue weighted by atomic mass is 32.1. The maximum absolute atomic E-state index is 12.8. The van der Waals surface area contributed by atoms with Gasteiger partial charge in [0.05, 0.1) is 17.6 Å². The van der Waals surface area contributed by atoms with Gasteiger partial charge in [-0.25, -0.2) is 9.78 Å². The molecular weight excluding hydrogens is 436 g/mol. The van der Waals surface area contributed by atoms with Gasteiger partial charge >= 0.3 is 12.1 Å². The Morgan fingerprint density at radius 1 is 1.16 bits per heavy atom. The molecule has 0 unspecified atom stereocenters. The summed E-state index contributed by atoms with van der Waals surface area (Å²) < 4.78 is 17.3. The summed E-state index contributed by atoms with van der Waals surface area (Å²) in [6.07, 6.45) is -0.572. The van der Waals surface area contributed by atoms with Gasteiger partial charge in [-0.15, -0.1) is 11.3 Å². The second-order valence-corrected chi connectivity index (χ2v) is 9.88. The van der Waals surface area contributed by atoms with E-state index in [-0.39, 0.29) is 24.9 Å². The largest absolute Gasteiger partial charge is 0.475 e. The maximum Gasteiger partial charge on any atom is 0.407 e. The number of rotatable bonds is 7. The zero-order valence-corrected chi connectivity index (χ0v) is 20.2. The number of amides is 1. The van der Waals surface area contributed by atoms with E-state index in [4.69, 9.17) is 14.2 Å². The molecule has 176 valence electrons. The number of hydrogen-bond donors (Lipinski definition) is 1. The first-order valence-electron chi connectivity index (χ1n) is 10.1. The summed E-state index contributed by atoms with van der Waals surface area (Å²) in [5, 5.41) is 4.37. The molecule has 2 aromatic rings. The SMILES string of the molecule is C[C@H](COc1cc(=O)n(CC(=O)OC(C)(C)C)c(-c2cscn2)n1)NC(=O)OC(C)(C)C. The molecule has 2 rings (SSSR count). The zero-order chi connectivity index (χ0) is 24.1. The molecule has 0 fully saturated rings. The highest BCUT2D eigenvalue weighted by Gasteiger charge is 2.21. The number of thiazole rings is 1. The van der Waals surface area contributed by atoms with Crippen molar-refractivity contribution in [3.05, 3.63) is 27.3 Å². The molecule has 11 heteroatoms. The van der Waals surface area contributed by atoms with Gasteiger partial charge in [0.15, 0.2) is 5.82 Å². The molecule has 1 N–H and O–H groups in total. The van der Waals surface area contributed by atoms with Crippen molar-refractivity contribution in [2.24, 2.45) is 0 Å². The van der Waals surface area contributed by atoms with Gasteiger partial charge in [0, 0.05) is 5.38 Å². The van der Waals surface area contributed by atoms with Gasteiger partial charge in [-0.3, -0.25) is 14.2 Å². The molecule has 0 spiro atoms. The molecule has 0 aliphatic rings. The van der Waals surface area contributed by atoms with Crippen LogP contribution < -0.4 is 15.6 Å². The first-order valence-corrected chi connectivity index (χ1v) is 11.0. The molecule has 2 aromatic heterocycles. The van der Waals surface area contributed by atoms with Gasteiger partial charge in [0.1, 0.15) is 30.0 Å². The van der Waals surface area contributed by atoms with E-state index in [1.165, 1.54) is 22.0 Å². The normalized spacial score (nSPS) is 12.7. The van der Waals surface area contributed by atoms with Crippen molar-refractivity contribution >= 4 is 23.4 Å². The van der Waals surface area contributed by atoms with E-state index in [1.54, 1.807) is 59.4 Å². The third-order valence-corrected chi connectivity index (χ3v) is 4.18. The molecule has 32 heavy (non-hydrogen) atoms. The lowest BCUT2D eigenvalue weighted by molar-refractivity contribution is -0.155. The Bertz CT molecular complexity index is 989. The number of hydrogen-bond acceptors (Lipinski definition) is 9. The summed E-state index contributed by atoms with van der Waals surface area (Å²) in [5.41, 5.74) is 0.236. The maximum atomic E-state index is 12.8. The summed E-state index contributed by atoms with van der Waals surface area (Å²) in [6, 6.07) is 0.777. The van der Waals surface area contributed by atoms with Crippen LogP contribution in [0.1, 0.15) is 48.5 Å². The summed E-state index contributed by atoms with van der Waals surface area (Å²) in [5.74, 6) is -0.328. The molecule has 1 amide bonds. The molecule has 10 nitrogen and oxygen atoms in total. The summed E-state index contributed by atoms with van der Waals surface area (Å²) in [7, 11) is 0. The Morgan fingerprint density at radius 2 is 1.81 bits per heavy atom. The average Bonchev–Trinajstić information content (AvgIpc) is 3.13. The van der Waals surface area contributed by atoms with E-state index in [9.17, 15) is 14.4 Å². The second-order valence-electron chi connectivity index (χ2n) is 9.16. The summed E-state index contributed by atoms with van der Waals surface area (Å²) in [6.45, 7) is 12.0. The van der Waals surface area contributed by atoms with Gasteiger partial charge in [0.25, 0.3) is 5.56 Å². The fourth-order valence-electron chi connectivity index (χ4n) is 2.49. The van der Waals surface area contributed by atoms with Crippen LogP contribution in [0.5, 0.6) is 5.88 Å². The standard InChI is InChI=1S/C21H30N4O6S/c1-13(23-19(28)31-21(5,6)7)10-29-15-8-16(26)25(9-17(27)30-20(2,3)4)18(24-15)14-11-32-12-22-14/h8,11-13H,9-10H2,1-7H3,(H,23,28)/t13-/m1/s1. The van der Waals surface area contributed by atoms with Crippen LogP contribution in [0.4, 0.5) is 4.79 Å². The third-order valence-electron chi connectivity index (χ3n) is 3.60. The van der Waals surface area contributed by atoms with Crippen LogP contribution in [0.2, 0.25) is 0 Å². The molecule has 0 aliphatic heterocycles. The van der Waals surface area contributed by atoms with E-state index < -0.39 is 34.9 Å². The van der Waals surface area contributed by atoms with Crippen molar-refractivity contribution in [2.75, 3.05) is 6.61 Å². The fourth-order valence-corrected chi connectivity index (χ4v) is 3.02. The van der Waals surface area contributed by atoms with Crippen molar-refractivity contribution < 1.29 is 23.8 Å². The Hall–Kier alpha value is -2.95. The smallest absolute Gasteiger partial charge is 0.407 e. The van der Waals surface area contributed by atoms with E-state index in [0.717, 1.165) is 0 Å². The number of ether oxygens (including phenoxy) is 3. The van der Waals surface area contributed by atoms with Crippen molar-refractivity contribution in [3.8, 4) is 17.4 Å². The highest BCUT2D eigenvalue weighted by molar-refractivity contribution is 7.07. The van der Waals surface area contributed by atoms with E-state index >= 15 is 0 Å². The average molecular weight is 467 g/mol. The minimum Gasteiger partial charge on any atom is -0.475 e. The van der Waals surface area contributed by atoms with Crippen molar-refractivity contribution in [3.63, 3.8) is 0 Å². The number of aromatic nitrogens is 3. The third kappa shape index (κ3) is 8.29. The number of alkyl carbamates (subject to hydrolysis) is 1. The van der Waals surface area contributed by atoms with Crippen LogP contribution in [-0.4, -0.2) is 50.4 Å². The number of carbonyl (C=O) groups excluding carboxylic acids is 2. The first kappa shape index (κ1) is 25.3. The van der Waals surface area contributed by atoms with Crippen LogP contribution in [0.25, 0.3) is 11.5 Å². The van der Waals surface area contributed by atoms with Crippen LogP contribution in [0.3, 0.4) is 0 Å². The number of esters is 1. The van der Waals surface area contributed by atoms with Crippen molar-refractivity contribution in [1.29, 1.82) is 0 Å². The Labute approximate surface area is 190 Å². The zero-order valence-electron chi connectivity index (χ0n) is 19.4. The molecule has 0 saturated carbocycles.